The Bertz CT molecular complexity index is 397. The Hall–Kier alpha value is -1.10. The predicted molar refractivity (Wildman–Crippen MR) is 64.3 cm³/mol. The molecule has 5 heteroatoms. The van der Waals surface area contributed by atoms with Crippen LogP contribution in [0, 0.1) is 0 Å². The van der Waals surface area contributed by atoms with Gasteiger partial charge in [0.1, 0.15) is 16.5 Å². The fraction of sp³-hybridized carbons (Fsp3) is 0.455. The van der Waals surface area contributed by atoms with Crippen LogP contribution < -0.4 is 4.90 Å². The molecule has 4 nitrogen and oxygen atoms in total. The molecule has 0 amide bonds. The van der Waals surface area contributed by atoms with Gasteiger partial charge in [0.25, 0.3) is 0 Å². The maximum atomic E-state index is 11.6. The quantitative estimate of drug-likeness (QED) is 0.615. The van der Waals surface area contributed by atoms with Gasteiger partial charge in [-0.05, 0) is 40.9 Å². The van der Waals surface area contributed by atoms with E-state index in [9.17, 15) is 4.79 Å². The van der Waals surface area contributed by atoms with Gasteiger partial charge in [0.05, 0.1) is 7.11 Å². The third-order valence-electron chi connectivity index (χ3n) is 2.72. The van der Waals surface area contributed by atoms with E-state index in [0.29, 0.717) is 0 Å². The summed E-state index contributed by atoms with van der Waals surface area (Å²) < 4.78 is 5.57. The second-order valence-electron chi connectivity index (χ2n) is 3.69. The number of pyridine rings is 1. The van der Waals surface area contributed by atoms with Gasteiger partial charge in [0.15, 0.2) is 0 Å². The first-order valence-electron chi connectivity index (χ1n) is 5.19. The Morgan fingerprint density at radius 1 is 1.62 bits per heavy atom. The molecule has 1 aliphatic heterocycles. The third kappa shape index (κ3) is 2.19. The molecule has 0 aliphatic carbocycles. The van der Waals surface area contributed by atoms with E-state index in [2.05, 4.69) is 20.9 Å². The number of hydrogen-bond acceptors (Lipinski definition) is 4. The number of aromatic nitrogens is 1. The summed E-state index contributed by atoms with van der Waals surface area (Å²) in [6, 6.07) is 5.50. The van der Waals surface area contributed by atoms with Crippen LogP contribution in [0.15, 0.2) is 22.8 Å². The Morgan fingerprint density at radius 3 is 3.12 bits per heavy atom. The highest BCUT2D eigenvalue weighted by Gasteiger charge is 2.32. The Balaban J connectivity index is 2.23. The second-order valence-corrected chi connectivity index (χ2v) is 4.51. The number of ether oxygens (including phenoxy) is 1. The molecule has 0 radical (unpaired) electrons. The Labute approximate surface area is 103 Å². The zero-order valence-electron chi connectivity index (χ0n) is 9.02. The van der Waals surface area contributed by atoms with Crippen molar-refractivity contribution in [2.75, 3.05) is 18.6 Å². The van der Waals surface area contributed by atoms with Gasteiger partial charge in [-0.25, -0.2) is 9.78 Å². The zero-order valence-corrected chi connectivity index (χ0v) is 10.6. The molecule has 0 bridgehead atoms. The van der Waals surface area contributed by atoms with Crippen molar-refractivity contribution in [3.8, 4) is 0 Å². The average molecular weight is 285 g/mol. The van der Waals surface area contributed by atoms with Crippen molar-refractivity contribution in [2.45, 2.75) is 18.9 Å². The normalized spacial score (nSPS) is 19.9. The molecular weight excluding hydrogens is 272 g/mol. The molecule has 1 aliphatic rings. The van der Waals surface area contributed by atoms with Gasteiger partial charge >= 0.3 is 5.97 Å². The lowest BCUT2D eigenvalue weighted by Crippen LogP contribution is -2.37. The van der Waals surface area contributed by atoms with Gasteiger partial charge in [0, 0.05) is 6.54 Å². The molecule has 0 spiro atoms. The maximum absolute atomic E-state index is 11.6. The fourth-order valence-corrected chi connectivity index (χ4v) is 2.31. The number of carbonyl (C=O) groups excluding carboxylic acids is 1. The van der Waals surface area contributed by atoms with E-state index in [0.717, 1.165) is 29.8 Å². The minimum atomic E-state index is -0.188. The molecule has 0 saturated carbocycles. The van der Waals surface area contributed by atoms with Gasteiger partial charge in [-0.3, -0.25) is 0 Å². The van der Waals surface area contributed by atoms with Crippen molar-refractivity contribution >= 4 is 27.7 Å². The lowest BCUT2D eigenvalue weighted by Gasteiger charge is -2.23. The number of nitrogens with zero attached hydrogens (tertiary/aromatic N) is 2. The molecule has 1 atom stereocenters. The minimum Gasteiger partial charge on any atom is -0.467 e. The minimum absolute atomic E-state index is 0.181. The smallest absolute Gasteiger partial charge is 0.328 e. The highest BCUT2D eigenvalue weighted by Crippen LogP contribution is 2.25. The zero-order chi connectivity index (χ0) is 11.5. The van der Waals surface area contributed by atoms with E-state index in [4.69, 9.17) is 4.74 Å². The van der Waals surface area contributed by atoms with Crippen molar-refractivity contribution in [1.82, 2.24) is 4.98 Å². The summed E-state index contributed by atoms with van der Waals surface area (Å²) in [6.07, 6.45) is 1.83. The summed E-state index contributed by atoms with van der Waals surface area (Å²) in [4.78, 5) is 17.9. The van der Waals surface area contributed by atoms with Crippen molar-refractivity contribution in [3.63, 3.8) is 0 Å². The second kappa shape index (κ2) is 4.82. The van der Waals surface area contributed by atoms with Crippen LogP contribution in [-0.2, 0) is 9.53 Å². The lowest BCUT2D eigenvalue weighted by atomic mass is 10.2. The molecule has 1 fully saturated rings. The van der Waals surface area contributed by atoms with Crippen LogP contribution >= 0.6 is 15.9 Å². The van der Waals surface area contributed by atoms with Gasteiger partial charge in [0.2, 0.25) is 0 Å². The molecule has 86 valence electrons. The largest absolute Gasteiger partial charge is 0.467 e. The summed E-state index contributed by atoms with van der Waals surface area (Å²) >= 11 is 3.33. The van der Waals surface area contributed by atoms with E-state index in [1.165, 1.54) is 7.11 Å². The molecule has 16 heavy (non-hydrogen) atoms. The molecule has 0 N–H and O–H groups in total. The average Bonchev–Trinajstić information content (AvgIpc) is 2.77. The van der Waals surface area contributed by atoms with E-state index < -0.39 is 0 Å². The molecule has 1 aromatic rings. The number of carbonyl (C=O) groups is 1. The van der Waals surface area contributed by atoms with Crippen molar-refractivity contribution in [1.29, 1.82) is 0 Å². The Kier molecular flexibility index (Phi) is 3.43. The predicted octanol–water partition coefficient (Wildman–Crippen LogP) is 1.99. The number of anilines is 1. The van der Waals surface area contributed by atoms with Crippen LogP contribution in [-0.4, -0.2) is 30.6 Å². The molecule has 2 heterocycles. The number of methoxy groups -OCH3 is 1. The van der Waals surface area contributed by atoms with Gasteiger partial charge in [-0.1, -0.05) is 6.07 Å². The topological polar surface area (TPSA) is 42.4 Å². The van der Waals surface area contributed by atoms with Gasteiger partial charge in [-0.15, -0.1) is 0 Å². The first-order chi connectivity index (χ1) is 7.72. The number of esters is 1. The van der Waals surface area contributed by atoms with Crippen LogP contribution in [0.1, 0.15) is 12.8 Å². The highest BCUT2D eigenvalue weighted by atomic mass is 79.9. The van der Waals surface area contributed by atoms with E-state index >= 15 is 0 Å². The summed E-state index contributed by atoms with van der Waals surface area (Å²) in [5, 5.41) is 0. The maximum Gasteiger partial charge on any atom is 0.328 e. The summed E-state index contributed by atoms with van der Waals surface area (Å²) in [5.41, 5.74) is 0. The summed E-state index contributed by atoms with van der Waals surface area (Å²) in [7, 11) is 1.42. The standard InChI is InChI=1S/C11H13BrN2O2/c1-16-11(15)8-4-3-7-14(8)10-6-2-5-9(12)13-10/h2,5-6,8H,3-4,7H2,1H3/t8-/m0/s1. The van der Waals surface area contributed by atoms with E-state index in [1.807, 2.05) is 23.1 Å². The first-order valence-corrected chi connectivity index (χ1v) is 5.98. The van der Waals surface area contributed by atoms with Gasteiger partial charge < -0.3 is 9.64 Å². The monoisotopic (exact) mass is 284 g/mol. The summed E-state index contributed by atoms with van der Waals surface area (Å²) in [6.45, 7) is 0.850. The molecule has 0 aromatic carbocycles. The van der Waals surface area contributed by atoms with E-state index in [-0.39, 0.29) is 12.0 Å². The SMILES string of the molecule is COC(=O)[C@@H]1CCCN1c1cccc(Br)n1. The lowest BCUT2D eigenvalue weighted by molar-refractivity contribution is -0.141. The van der Waals surface area contributed by atoms with E-state index in [1.54, 1.807) is 0 Å². The van der Waals surface area contributed by atoms with Crippen molar-refractivity contribution < 1.29 is 9.53 Å². The Morgan fingerprint density at radius 2 is 2.44 bits per heavy atom. The van der Waals surface area contributed by atoms with Crippen LogP contribution in [0.4, 0.5) is 5.82 Å². The van der Waals surface area contributed by atoms with Crippen molar-refractivity contribution in [3.05, 3.63) is 22.8 Å². The van der Waals surface area contributed by atoms with Crippen LogP contribution in [0.3, 0.4) is 0 Å². The van der Waals surface area contributed by atoms with Crippen LogP contribution in [0.5, 0.6) is 0 Å². The number of hydrogen-bond donors (Lipinski definition) is 0. The van der Waals surface area contributed by atoms with Crippen molar-refractivity contribution in [2.24, 2.45) is 0 Å². The number of rotatable bonds is 2. The summed E-state index contributed by atoms with van der Waals surface area (Å²) in [5.74, 6) is 0.640. The fourth-order valence-electron chi connectivity index (χ4n) is 1.98. The van der Waals surface area contributed by atoms with Gasteiger partial charge in [-0.2, -0.15) is 0 Å². The molecular formula is C11H13BrN2O2. The van der Waals surface area contributed by atoms with Crippen LogP contribution in [0.25, 0.3) is 0 Å². The molecule has 0 unspecified atom stereocenters. The first kappa shape index (κ1) is 11.4. The third-order valence-corrected chi connectivity index (χ3v) is 3.16. The molecule has 2 rings (SSSR count). The number of halogens is 1. The highest BCUT2D eigenvalue weighted by molar-refractivity contribution is 9.10. The van der Waals surface area contributed by atoms with Crippen LogP contribution in [0.2, 0.25) is 0 Å². The molecule has 1 aromatic heterocycles. The molecule has 1 saturated heterocycles.